The van der Waals surface area contributed by atoms with E-state index in [2.05, 4.69) is 5.32 Å². The molecule has 1 aliphatic rings. The van der Waals surface area contributed by atoms with Crippen LogP contribution in [0.1, 0.15) is 51.2 Å². The third-order valence-corrected chi connectivity index (χ3v) is 5.89. The number of fused-ring (bicyclic) bond motifs is 1. The van der Waals surface area contributed by atoms with Crippen molar-refractivity contribution in [1.82, 2.24) is 10.2 Å². The molecule has 7 heteroatoms. The van der Waals surface area contributed by atoms with E-state index >= 15 is 0 Å². The summed E-state index contributed by atoms with van der Waals surface area (Å²) in [6.45, 7) is 7.11. The van der Waals surface area contributed by atoms with Gasteiger partial charge in [0.25, 0.3) is 0 Å². The molecule has 0 unspecified atom stereocenters. The van der Waals surface area contributed by atoms with Crippen molar-refractivity contribution in [3.05, 3.63) is 59.4 Å². The smallest absolute Gasteiger partial charge is 0.243 e. The van der Waals surface area contributed by atoms with Crippen molar-refractivity contribution in [3.63, 3.8) is 0 Å². The van der Waals surface area contributed by atoms with E-state index in [-0.39, 0.29) is 36.6 Å². The first-order valence-corrected chi connectivity index (χ1v) is 11.6. The van der Waals surface area contributed by atoms with Crippen LogP contribution in [-0.2, 0) is 22.6 Å². The van der Waals surface area contributed by atoms with Crippen LogP contribution in [0.3, 0.4) is 0 Å². The summed E-state index contributed by atoms with van der Waals surface area (Å²) in [6.07, 6.45) is 2.05. The molecule has 0 spiro atoms. The Labute approximate surface area is 195 Å². The Morgan fingerprint density at radius 1 is 1.00 bits per heavy atom. The summed E-state index contributed by atoms with van der Waals surface area (Å²) in [7, 11) is 0. The Morgan fingerprint density at radius 3 is 2.33 bits per heavy atom. The van der Waals surface area contributed by atoms with E-state index in [1.54, 1.807) is 17.0 Å². The molecule has 6 nitrogen and oxygen atoms in total. The van der Waals surface area contributed by atoms with Crippen LogP contribution in [0.25, 0.3) is 0 Å². The molecule has 1 N–H and O–H groups in total. The highest BCUT2D eigenvalue weighted by Crippen LogP contribution is 2.31. The zero-order valence-corrected chi connectivity index (χ0v) is 19.6. The van der Waals surface area contributed by atoms with Crippen LogP contribution >= 0.6 is 0 Å². The third-order valence-electron chi connectivity index (χ3n) is 5.89. The molecular formula is C26H33FN2O4. The molecule has 1 aliphatic heterocycles. The standard InChI is InChI=1S/C26H33FN2O4/c1-4-18(3)28-26(31)22(5-2)29(17-20-6-10-21(27)11-7-20)25(30)13-9-19-8-12-23-24(16-19)33-15-14-32-23/h6-8,10-12,16,18,22H,4-5,9,13-15,17H2,1-3H3,(H,28,31)/t18-,22-/m1/s1. The van der Waals surface area contributed by atoms with Crippen molar-refractivity contribution in [1.29, 1.82) is 0 Å². The minimum Gasteiger partial charge on any atom is -0.486 e. The second kappa shape index (κ2) is 11.7. The number of hydrogen-bond donors (Lipinski definition) is 1. The van der Waals surface area contributed by atoms with Gasteiger partial charge in [-0.2, -0.15) is 0 Å². The lowest BCUT2D eigenvalue weighted by atomic mass is 10.0. The highest BCUT2D eigenvalue weighted by atomic mass is 19.1. The number of carbonyl (C=O) groups is 2. The van der Waals surface area contributed by atoms with Gasteiger partial charge < -0.3 is 19.7 Å². The summed E-state index contributed by atoms with van der Waals surface area (Å²) in [5.41, 5.74) is 1.74. The first-order valence-electron chi connectivity index (χ1n) is 11.6. The zero-order valence-electron chi connectivity index (χ0n) is 19.6. The van der Waals surface area contributed by atoms with Gasteiger partial charge >= 0.3 is 0 Å². The number of hydrogen-bond acceptors (Lipinski definition) is 4. The van der Waals surface area contributed by atoms with Crippen molar-refractivity contribution in [2.24, 2.45) is 0 Å². The Balaban J connectivity index is 1.75. The third kappa shape index (κ3) is 6.70. The molecule has 2 aromatic rings. The molecule has 0 radical (unpaired) electrons. The first kappa shape index (κ1) is 24.6. The number of ether oxygens (including phenoxy) is 2. The van der Waals surface area contributed by atoms with Crippen molar-refractivity contribution in [3.8, 4) is 11.5 Å². The normalized spacial score (nSPS) is 14.3. The fraction of sp³-hybridized carbons (Fsp3) is 0.462. The first-order chi connectivity index (χ1) is 15.9. The van der Waals surface area contributed by atoms with Gasteiger partial charge in [0, 0.05) is 19.0 Å². The van der Waals surface area contributed by atoms with E-state index in [4.69, 9.17) is 9.47 Å². The van der Waals surface area contributed by atoms with E-state index in [0.29, 0.717) is 37.6 Å². The van der Waals surface area contributed by atoms with Gasteiger partial charge in [-0.3, -0.25) is 9.59 Å². The number of nitrogens with zero attached hydrogens (tertiary/aromatic N) is 1. The van der Waals surface area contributed by atoms with E-state index in [1.807, 2.05) is 39.0 Å². The van der Waals surface area contributed by atoms with Crippen LogP contribution in [-0.4, -0.2) is 42.0 Å². The van der Waals surface area contributed by atoms with E-state index in [9.17, 15) is 14.0 Å². The quantitative estimate of drug-likeness (QED) is 0.580. The monoisotopic (exact) mass is 456 g/mol. The predicted octanol–water partition coefficient (Wildman–Crippen LogP) is 4.25. The minimum atomic E-state index is -0.600. The molecule has 2 atom stereocenters. The Bertz CT molecular complexity index is 948. The number of aryl methyl sites for hydroxylation is 1. The molecule has 0 aliphatic carbocycles. The van der Waals surface area contributed by atoms with Crippen LogP contribution in [0.5, 0.6) is 11.5 Å². The van der Waals surface area contributed by atoms with Gasteiger partial charge in [0.05, 0.1) is 0 Å². The fourth-order valence-electron chi connectivity index (χ4n) is 3.79. The summed E-state index contributed by atoms with van der Waals surface area (Å²) >= 11 is 0. The van der Waals surface area contributed by atoms with Gasteiger partial charge in [0.2, 0.25) is 11.8 Å². The zero-order chi connectivity index (χ0) is 23.8. The minimum absolute atomic E-state index is 0.0204. The maximum atomic E-state index is 13.4. The Morgan fingerprint density at radius 2 is 1.67 bits per heavy atom. The lowest BCUT2D eigenvalue weighted by molar-refractivity contribution is -0.141. The second-order valence-electron chi connectivity index (χ2n) is 8.37. The molecule has 0 saturated heterocycles. The summed E-state index contributed by atoms with van der Waals surface area (Å²) in [4.78, 5) is 27.9. The van der Waals surface area contributed by atoms with Gasteiger partial charge in [-0.15, -0.1) is 0 Å². The van der Waals surface area contributed by atoms with E-state index < -0.39 is 6.04 Å². The van der Waals surface area contributed by atoms with Crippen molar-refractivity contribution in [2.75, 3.05) is 13.2 Å². The van der Waals surface area contributed by atoms with Gasteiger partial charge in [-0.1, -0.05) is 32.0 Å². The number of carbonyl (C=O) groups excluding carboxylic acids is 2. The van der Waals surface area contributed by atoms with Crippen LogP contribution in [0.4, 0.5) is 4.39 Å². The van der Waals surface area contributed by atoms with Gasteiger partial charge in [-0.25, -0.2) is 4.39 Å². The highest BCUT2D eigenvalue weighted by Gasteiger charge is 2.29. The molecule has 0 fully saturated rings. The molecule has 0 aromatic heterocycles. The van der Waals surface area contributed by atoms with Crippen LogP contribution in [0.2, 0.25) is 0 Å². The fourth-order valence-corrected chi connectivity index (χ4v) is 3.79. The number of nitrogens with one attached hydrogen (secondary N) is 1. The lowest BCUT2D eigenvalue weighted by Gasteiger charge is -2.31. The Hall–Kier alpha value is -3.09. The average Bonchev–Trinajstić information content (AvgIpc) is 2.83. The van der Waals surface area contributed by atoms with Gasteiger partial charge in [0.1, 0.15) is 25.1 Å². The molecule has 1 heterocycles. The predicted molar refractivity (Wildman–Crippen MR) is 125 cm³/mol. The summed E-state index contributed by atoms with van der Waals surface area (Å²) in [5, 5.41) is 3.00. The lowest BCUT2D eigenvalue weighted by Crippen LogP contribution is -2.50. The van der Waals surface area contributed by atoms with Crippen molar-refractivity contribution < 1.29 is 23.5 Å². The summed E-state index contributed by atoms with van der Waals surface area (Å²) in [6, 6.07) is 11.1. The number of benzene rings is 2. The highest BCUT2D eigenvalue weighted by molar-refractivity contribution is 5.88. The number of amides is 2. The van der Waals surface area contributed by atoms with Crippen LogP contribution in [0, 0.1) is 5.82 Å². The van der Waals surface area contributed by atoms with E-state index in [0.717, 1.165) is 17.5 Å². The van der Waals surface area contributed by atoms with E-state index in [1.165, 1.54) is 12.1 Å². The molecule has 33 heavy (non-hydrogen) atoms. The maximum absolute atomic E-state index is 13.4. The maximum Gasteiger partial charge on any atom is 0.243 e. The molecule has 3 rings (SSSR count). The molecule has 2 aromatic carbocycles. The Kier molecular flexibility index (Phi) is 8.69. The molecule has 0 saturated carbocycles. The van der Waals surface area contributed by atoms with Crippen molar-refractivity contribution >= 4 is 11.8 Å². The molecule has 2 amide bonds. The molecule has 178 valence electrons. The van der Waals surface area contributed by atoms with Gasteiger partial charge in [0.15, 0.2) is 11.5 Å². The number of rotatable bonds is 10. The van der Waals surface area contributed by atoms with Crippen LogP contribution in [0.15, 0.2) is 42.5 Å². The average molecular weight is 457 g/mol. The SMILES string of the molecule is CC[C@@H](C)NC(=O)[C@@H](CC)N(Cc1ccc(F)cc1)C(=O)CCc1ccc2c(c1)OCCO2. The topological polar surface area (TPSA) is 67.9 Å². The molecule has 0 bridgehead atoms. The largest absolute Gasteiger partial charge is 0.486 e. The van der Waals surface area contributed by atoms with Gasteiger partial charge in [-0.05, 0) is 61.6 Å². The second-order valence-corrected chi connectivity index (χ2v) is 8.37. The summed E-state index contributed by atoms with van der Waals surface area (Å²) in [5.74, 6) is 0.773. The number of halogens is 1. The van der Waals surface area contributed by atoms with Crippen molar-refractivity contribution in [2.45, 2.75) is 65.1 Å². The van der Waals surface area contributed by atoms with Crippen LogP contribution < -0.4 is 14.8 Å². The summed E-state index contributed by atoms with van der Waals surface area (Å²) < 4.78 is 24.6. The molecular weight excluding hydrogens is 423 g/mol.